The Kier molecular flexibility index (Phi) is 5.67. The summed E-state index contributed by atoms with van der Waals surface area (Å²) in [5.74, 6) is -0.440. The number of halogens is 3. The van der Waals surface area contributed by atoms with Crippen molar-refractivity contribution >= 4 is 22.8 Å². The number of pyridine rings is 1. The highest BCUT2D eigenvalue weighted by Crippen LogP contribution is 2.30. The molecule has 0 aliphatic carbocycles. The highest BCUT2D eigenvalue weighted by Gasteiger charge is 2.21. The second-order valence-corrected chi connectivity index (χ2v) is 6.83. The van der Waals surface area contributed by atoms with E-state index in [0.29, 0.717) is 28.2 Å². The van der Waals surface area contributed by atoms with E-state index < -0.39 is 23.8 Å². The Morgan fingerprint density at radius 3 is 2.52 bits per heavy atom. The fraction of sp³-hybridized carbons (Fsp3) is 0.300. The topological polar surface area (TPSA) is 71.0 Å². The number of nitrogens with zero attached hydrogens (tertiary/aromatic N) is 4. The van der Waals surface area contributed by atoms with Gasteiger partial charge in [-0.15, -0.1) is 0 Å². The first kappa shape index (κ1) is 20.5. The van der Waals surface area contributed by atoms with E-state index in [2.05, 4.69) is 20.3 Å². The molecule has 1 unspecified atom stereocenters. The van der Waals surface area contributed by atoms with Crippen LogP contribution in [0.25, 0.3) is 11.0 Å². The molecule has 0 aliphatic rings. The summed E-state index contributed by atoms with van der Waals surface area (Å²) in [6, 6.07) is 4.82. The molecule has 0 aliphatic heterocycles. The number of hydrogen-bond acceptors (Lipinski definition) is 5. The number of fused-ring (bicyclic) bond motifs is 1. The van der Waals surface area contributed by atoms with Gasteiger partial charge in [0.2, 0.25) is 0 Å². The van der Waals surface area contributed by atoms with Crippen molar-refractivity contribution in [2.24, 2.45) is 0 Å². The van der Waals surface area contributed by atoms with Crippen LogP contribution in [0, 0.1) is 12.7 Å². The smallest absolute Gasteiger partial charge is 0.266 e. The van der Waals surface area contributed by atoms with Crippen LogP contribution in [-0.2, 0) is 0 Å². The quantitative estimate of drug-likeness (QED) is 0.688. The molecule has 2 heterocycles. The number of anilines is 1. The zero-order valence-corrected chi connectivity index (χ0v) is 16.4. The van der Waals surface area contributed by atoms with Gasteiger partial charge in [0.15, 0.2) is 5.65 Å². The summed E-state index contributed by atoms with van der Waals surface area (Å²) in [4.78, 5) is 26.5. The molecule has 9 heteroatoms. The van der Waals surface area contributed by atoms with Gasteiger partial charge in [-0.25, -0.2) is 28.1 Å². The molecule has 152 valence electrons. The van der Waals surface area contributed by atoms with Gasteiger partial charge in [-0.3, -0.25) is 4.79 Å². The number of carbonyl (C=O) groups is 1. The van der Waals surface area contributed by atoms with E-state index in [4.69, 9.17) is 0 Å². The zero-order chi connectivity index (χ0) is 21.3. The lowest BCUT2D eigenvalue weighted by molar-refractivity contribution is 0.0827. The molecule has 1 aromatic carbocycles. The third-order valence-electron chi connectivity index (χ3n) is 4.43. The number of nitrogens with one attached hydrogen (secondary N) is 1. The van der Waals surface area contributed by atoms with Crippen molar-refractivity contribution in [2.75, 3.05) is 19.4 Å². The van der Waals surface area contributed by atoms with Gasteiger partial charge in [0.25, 0.3) is 12.3 Å². The minimum Gasteiger partial charge on any atom is -0.363 e. The summed E-state index contributed by atoms with van der Waals surface area (Å²) in [7, 11) is 3.25. The van der Waals surface area contributed by atoms with Crippen molar-refractivity contribution in [3.05, 3.63) is 58.8 Å². The maximum absolute atomic E-state index is 14.5. The number of alkyl halides is 2. The van der Waals surface area contributed by atoms with Crippen LogP contribution in [0.1, 0.15) is 46.7 Å². The van der Waals surface area contributed by atoms with Crippen LogP contribution in [-0.4, -0.2) is 39.9 Å². The van der Waals surface area contributed by atoms with Gasteiger partial charge in [-0.1, -0.05) is 18.2 Å². The Hall–Kier alpha value is -3.23. The number of hydrogen-bond donors (Lipinski definition) is 1. The van der Waals surface area contributed by atoms with E-state index in [1.807, 2.05) is 0 Å². The molecule has 0 fully saturated rings. The van der Waals surface area contributed by atoms with Crippen LogP contribution in [0.5, 0.6) is 0 Å². The first-order chi connectivity index (χ1) is 13.7. The lowest BCUT2D eigenvalue weighted by atomic mass is 10.0. The Morgan fingerprint density at radius 1 is 1.17 bits per heavy atom. The molecule has 0 bridgehead atoms. The fourth-order valence-corrected chi connectivity index (χ4v) is 2.96. The maximum Gasteiger partial charge on any atom is 0.266 e. The molecule has 2 aromatic heterocycles. The summed E-state index contributed by atoms with van der Waals surface area (Å²) in [5.41, 5.74) is 0.141. The molecule has 3 aromatic rings. The molecule has 0 radical (unpaired) electrons. The van der Waals surface area contributed by atoms with Gasteiger partial charge in [-0.2, -0.15) is 0 Å². The van der Waals surface area contributed by atoms with E-state index in [0.717, 1.165) is 6.07 Å². The lowest BCUT2D eigenvalue weighted by Crippen LogP contribution is -2.22. The standard InChI is InChI=1S/C20H20F3N5O/c1-10(13-6-5-7-14(16(13)21)17(22)23)25-19-15-8-12(20(29)28(3)4)9-24-18(15)26-11(2)27-19/h5-10,17H,1-4H3,(H,24,25,26,27). The molecule has 1 N–H and O–H groups in total. The molecule has 0 saturated carbocycles. The van der Waals surface area contributed by atoms with Gasteiger partial charge >= 0.3 is 0 Å². The predicted octanol–water partition coefficient (Wildman–Crippen LogP) is 4.28. The summed E-state index contributed by atoms with van der Waals surface area (Å²) in [6.07, 6.45) is -1.48. The zero-order valence-electron chi connectivity index (χ0n) is 16.4. The van der Waals surface area contributed by atoms with Crippen LogP contribution in [0.2, 0.25) is 0 Å². The number of aromatic nitrogens is 3. The molecule has 3 rings (SSSR count). The second kappa shape index (κ2) is 8.02. The Bertz CT molecular complexity index is 1070. The Morgan fingerprint density at radius 2 is 1.86 bits per heavy atom. The predicted molar refractivity (Wildman–Crippen MR) is 103 cm³/mol. The van der Waals surface area contributed by atoms with Crippen LogP contribution < -0.4 is 5.32 Å². The summed E-state index contributed by atoms with van der Waals surface area (Å²) in [6.45, 7) is 3.31. The van der Waals surface area contributed by atoms with Gasteiger partial charge in [0.1, 0.15) is 17.5 Å². The third-order valence-corrected chi connectivity index (χ3v) is 4.43. The molecule has 29 heavy (non-hydrogen) atoms. The normalized spacial score (nSPS) is 12.3. The minimum absolute atomic E-state index is 0.0840. The SMILES string of the molecule is Cc1nc(NC(C)c2cccc(C(F)F)c2F)c2cc(C(=O)N(C)C)cnc2n1. The average molecular weight is 403 g/mol. The molecular formula is C20H20F3N5O. The van der Waals surface area contributed by atoms with Gasteiger partial charge in [0.05, 0.1) is 22.6 Å². The largest absolute Gasteiger partial charge is 0.363 e. The van der Waals surface area contributed by atoms with E-state index in [1.54, 1.807) is 34.0 Å². The number of aryl methyl sites for hydroxylation is 1. The number of carbonyl (C=O) groups excluding carboxylic acids is 1. The van der Waals surface area contributed by atoms with Crippen LogP contribution >= 0.6 is 0 Å². The number of amides is 1. The van der Waals surface area contributed by atoms with Crippen molar-refractivity contribution in [1.82, 2.24) is 19.9 Å². The molecule has 0 saturated heterocycles. The van der Waals surface area contributed by atoms with Crippen molar-refractivity contribution in [2.45, 2.75) is 26.3 Å². The van der Waals surface area contributed by atoms with Crippen LogP contribution in [0.15, 0.2) is 30.5 Å². The van der Waals surface area contributed by atoms with Crippen molar-refractivity contribution in [3.63, 3.8) is 0 Å². The molecule has 0 spiro atoms. The van der Waals surface area contributed by atoms with Gasteiger partial charge < -0.3 is 10.2 Å². The number of rotatable bonds is 5. The first-order valence-corrected chi connectivity index (χ1v) is 8.88. The Labute approximate surface area is 165 Å². The van der Waals surface area contributed by atoms with Crippen molar-refractivity contribution in [1.29, 1.82) is 0 Å². The monoisotopic (exact) mass is 403 g/mol. The summed E-state index contributed by atoms with van der Waals surface area (Å²) >= 11 is 0. The molecule has 6 nitrogen and oxygen atoms in total. The Balaban J connectivity index is 2.04. The van der Waals surface area contributed by atoms with E-state index >= 15 is 0 Å². The summed E-state index contributed by atoms with van der Waals surface area (Å²) < 4.78 is 40.6. The van der Waals surface area contributed by atoms with Crippen molar-refractivity contribution in [3.8, 4) is 0 Å². The second-order valence-electron chi connectivity index (χ2n) is 6.83. The van der Waals surface area contributed by atoms with Crippen molar-refractivity contribution < 1.29 is 18.0 Å². The lowest BCUT2D eigenvalue weighted by Gasteiger charge is -2.19. The third kappa shape index (κ3) is 4.13. The molecule has 1 atom stereocenters. The summed E-state index contributed by atoms with van der Waals surface area (Å²) in [5, 5.41) is 3.52. The number of benzene rings is 1. The van der Waals surface area contributed by atoms with Crippen LogP contribution in [0.4, 0.5) is 19.0 Å². The van der Waals surface area contributed by atoms with E-state index in [9.17, 15) is 18.0 Å². The van der Waals surface area contributed by atoms with E-state index in [-0.39, 0.29) is 11.5 Å². The maximum atomic E-state index is 14.5. The van der Waals surface area contributed by atoms with Gasteiger partial charge in [-0.05, 0) is 19.9 Å². The van der Waals surface area contributed by atoms with E-state index in [1.165, 1.54) is 23.2 Å². The van der Waals surface area contributed by atoms with Gasteiger partial charge in [0, 0.05) is 25.9 Å². The highest BCUT2D eigenvalue weighted by molar-refractivity contribution is 5.98. The fourth-order valence-electron chi connectivity index (χ4n) is 2.96. The average Bonchev–Trinajstić information content (AvgIpc) is 2.66. The molecule has 1 amide bonds. The minimum atomic E-state index is -2.91. The van der Waals surface area contributed by atoms with Crippen LogP contribution in [0.3, 0.4) is 0 Å². The highest BCUT2D eigenvalue weighted by atomic mass is 19.3. The first-order valence-electron chi connectivity index (χ1n) is 8.88. The molecular weight excluding hydrogens is 383 g/mol.